The molecule has 1 rings (SSSR count). The average molecular weight is 285 g/mol. The van der Waals surface area contributed by atoms with Crippen molar-refractivity contribution in [3.05, 3.63) is 0 Å². The molecular formula is C13H23N3O4. The van der Waals surface area contributed by atoms with Crippen LogP contribution in [0.3, 0.4) is 0 Å². The predicted octanol–water partition coefficient (Wildman–Crippen LogP) is 0.407. The van der Waals surface area contributed by atoms with E-state index in [2.05, 4.69) is 10.6 Å². The quantitative estimate of drug-likeness (QED) is 0.658. The smallest absolute Gasteiger partial charge is 0.318 e. The normalized spacial score (nSPS) is 18.1. The van der Waals surface area contributed by atoms with Crippen LogP contribution in [0.15, 0.2) is 0 Å². The molecule has 0 bridgehead atoms. The largest absolute Gasteiger partial charge is 0.481 e. The number of carbonyl (C=O) groups excluding carboxylic acids is 2. The lowest BCUT2D eigenvalue weighted by Crippen LogP contribution is -2.47. The number of rotatable bonds is 6. The monoisotopic (exact) mass is 285 g/mol. The number of nitrogens with one attached hydrogen (secondary N) is 2. The highest BCUT2D eigenvalue weighted by Crippen LogP contribution is 2.19. The van der Waals surface area contributed by atoms with Gasteiger partial charge in [-0.3, -0.25) is 9.59 Å². The predicted molar refractivity (Wildman–Crippen MR) is 73.2 cm³/mol. The molecule has 0 radical (unpaired) electrons. The molecule has 3 amide bonds. The molecule has 1 aliphatic rings. The summed E-state index contributed by atoms with van der Waals surface area (Å²) >= 11 is 0. The van der Waals surface area contributed by atoms with Gasteiger partial charge in [-0.15, -0.1) is 0 Å². The number of carboxylic acid groups (broad SMARTS) is 1. The fourth-order valence-corrected chi connectivity index (χ4v) is 2.15. The molecule has 0 aromatic heterocycles. The number of nitrogens with zero attached hydrogens (tertiary/aromatic N) is 1. The first-order chi connectivity index (χ1) is 9.40. The Bertz CT molecular complexity index is 371. The van der Waals surface area contributed by atoms with E-state index in [4.69, 9.17) is 5.11 Å². The summed E-state index contributed by atoms with van der Waals surface area (Å²) in [6.45, 7) is 5.00. The van der Waals surface area contributed by atoms with Gasteiger partial charge in [0.2, 0.25) is 5.91 Å². The van der Waals surface area contributed by atoms with Crippen LogP contribution in [0.2, 0.25) is 0 Å². The highest BCUT2D eigenvalue weighted by Gasteiger charge is 2.30. The van der Waals surface area contributed by atoms with Gasteiger partial charge in [-0.2, -0.15) is 0 Å². The van der Waals surface area contributed by atoms with Gasteiger partial charge in [0.05, 0.1) is 13.0 Å². The highest BCUT2D eigenvalue weighted by molar-refractivity contribution is 5.84. The lowest BCUT2D eigenvalue weighted by atomic mass is 10.1. The Morgan fingerprint density at radius 1 is 1.30 bits per heavy atom. The molecule has 114 valence electrons. The van der Waals surface area contributed by atoms with E-state index in [0.717, 1.165) is 6.42 Å². The summed E-state index contributed by atoms with van der Waals surface area (Å²) < 4.78 is 0. The van der Waals surface area contributed by atoms with Crippen molar-refractivity contribution in [2.45, 2.75) is 39.2 Å². The Kier molecular flexibility index (Phi) is 6.27. The van der Waals surface area contributed by atoms with E-state index < -0.39 is 5.97 Å². The zero-order chi connectivity index (χ0) is 15.1. The van der Waals surface area contributed by atoms with E-state index >= 15 is 0 Å². The van der Waals surface area contributed by atoms with Crippen molar-refractivity contribution in [3.8, 4) is 0 Å². The van der Waals surface area contributed by atoms with Crippen LogP contribution < -0.4 is 10.6 Å². The Balaban J connectivity index is 2.34. The fourth-order valence-electron chi connectivity index (χ4n) is 2.15. The topological polar surface area (TPSA) is 98.7 Å². The number of hydrogen-bond donors (Lipinski definition) is 3. The lowest BCUT2D eigenvalue weighted by Gasteiger charge is -2.23. The van der Waals surface area contributed by atoms with Crippen molar-refractivity contribution in [2.75, 3.05) is 19.6 Å². The van der Waals surface area contributed by atoms with Crippen LogP contribution in [-0.4, -0.2) is 53.6 Å². The summed E-state index contributed by atoms with van der Waals surface area (Å²) in [7, 11) is 0. The third-order valence-electron chi connectivity index (χ3n) is 3.16. The Labute approximate surface area is 118 Å². The molecule has 1 fully saturated rings. The van der Waals surface area contributed by atoms with E-state index in [9.17, 15) is 14.4 Å². The standard InChI is InChI=1S/C13H23N3O4/c1-9(2)7-14-11(17)8-15-13(20)16-5-3-4-10(16)6-12(18)19/h9-10H,3-8H2,1-2H3,(H,14,17)(H,15,20)(H,18,19). The second-order valence-corrected chi connectivity index (χ2v) is 5.44. The minimum Gasteiger partial charge on any atom is -0.481 e. The molecule has 0 aromatic rings. The average Bonchev–Trinajstić information content (AvgIpc) is 2.80. The minimum atomic E-state index is -0.913. The molecule has 0 aromatic carbocycles. The van der Waals surface area contributed by atoms with E-state index in [1.807, 2.05) is 13.8 Å². The first-order valence-electron chi connectivity index (χ1n) is 6.93. The molecule has 1 saturated heterocycles. The van der Waals surface area contributed by atoms with Gasteiger partial charge >= 0.3 is 12.0 Å². The summed E-state index contributed by atoms with van der Waals surface area (Å²) in [6, 6.07) is -0.639. The number of urea groups is 1. The van der Waals surface area contributed by atoms with Crippen LogP contribution in [0, 0.1) is 5.92 Å². The SMILES string of the molecule is CC(C)CNC(=O)CNC(=O)N1CCCC1CC(=O)O. The third-order valence-corrected chi connectivity index (χ3v) is 3.16. The van der Waals surface area contributed by atoms with Crippen LogP contribution in [0.25, 0.3) is 0 Å². The van der Waals surface area contributed by atoms with Gasteiger partial charge in [0.1, 0.15) is 0 Å². The van der Waals surface area contributed by atoms with Gasteiger partial charge < -0.3 is 20.6 Å². The maximum absolute atomic E-state index is 11.9. The molecule has 0 spiro atoms. The molecular weight excluding hydrogens is 262 g/mol. The van der Waals surface area contributed by atoms with Gasteiger partial charge in [0.15, 0.2) is 0 Å². The van der Waals surface area contributed by atoms with Crippen molar-refractivity contribution < 1.29 is 19.5 Å². The molecule has 1 atom stereocenters. The third kappa shape index (κ3) is 5.46. The number of likely N-dealkylation sites (tertiary alicyclic amines) is 1. The molecule has 7 heteroatoms. The van der Waals surface area contributed by atoms with Crippen LogP contribution in [0.4, 0.5) is 4.79 Å². The zero-order valence-electron chi connectivity index (χ0n) is 12.0. The number of aliphatic carboxylic acids is 1. The van der Waals surface area contributed by atoms with Gasteiger partial charge in [-0.05, 0) is 18.8 Å². The van der Waals surface area contributed by atoms with Gasteiger partial charge in [0, 0.05) is 19.1 Å². The van der Waals surface area contributed by atoms with E-state index in [1.165, 1.54) is 4.90 Å². The second-order valence-electron chi connectivity index (χ2n) is 5.44. The van der Waals surface area contributed by atoms with Crippen LogP contribution >= 0.6 is 0 Å². The first-order valence-corrected chi connectivity index (χ1v) is 6.93. The van der Waals surface area contributed by atoms with Crippen molar-refractivity contribution >= 4 is 17.9 Å². The number of carboxylic acids is 1. The molecule has 7 nitrogen and oxygen atoms in total. The van der Waals surface area contributed by atoms with Crippen LogP contribution in [-0.2, 0) is 9.59 Å². The lowest BCUT2D eigenvalue weighted by molar-refractivity contribution is -0.138. The Morgan fingerprint density at radius 3 is 2.60 bits per heavy atom. The van der Waals surface area contributed by atoms with Crippen molar-refractivity contribution in [3.63, 3.8) is 0 Å². The van der Waals surface area contributed by atoms with Gasteiger partial charge in [-0.1, -0.05) is 13.8 Å². The summed E-state index contributed by atoms with van der Waals surface area (Å²) in [4.78, 5) is 35.6. The molecule has 3 N–H and O–H groups in total. The summed E-state index contributed by atoms with van der Waals surface area (Å²) in [6.07, 6.45) is 1.44. The number of amides is 3. The summed E-state index contributed by atoms with van der Waals surface area (Å²) in [5.74, 6) is -0.793. The Hall–Kier alpha value is -1.79. The zero-order valence-corrected chi connectivity index (χ0v) is 12.0. The fraction of sp³-hybridized carbons (Fsp3) is 0.769. The van der Waals surface area contributed by atoms with Crippen molar-refractivity contribution in [1.82, 2.24) is 15.5 Å². The maximum atomic E-state index is 11.9. The molecule has 1 unspecified atom stereocenters. The first kappa shape index (κ1) is 16.3. The molecule has 1 aliphatic heterocycles. The van der Waals surface area contributed by atoms with Crippen molar-refractivity contribution in [2.24, 2.45) is 5.92 Å². The van der Waals surface area contributed by atoms with Crippen LogP contribution in [0.5, 0.6) is 0 Å². The van der Waals surface area contributed by atoms with E-state index in [-0.39, 0.29) is 30.9 Å². The van der Waals surface area contributed by atoms with Crippen molar-refractivity contribution in [1.29, 1.82) is 0 Å². The molecule has 1 heterocycles. The molecule has 20 heavy (non-hydrogen) atoms. The van der Waals surface area contributed by atoms with E-state index in [1.54, 1.807) is 0 Å². The number of hydrogen-bond acceptors (Lipinski definition) is 3. The van der Waals surface area contributed by atoms with Crippen LogP contribution in [0.1, 0.15) is 33.1 Å². The summed E-state index contributed by atoms with van der Waals surface area (Å²) in [5.41, 5.74) is 0. The number of carbonyl (C=O) groups is 3. The van der Waals surface area contributed by atoms with Gasteiger partial charge in [-0.25, -0.2) is 4.79 Å². The minimum absolute atomic E-state index is 0.0486. The molecule has 0 aliphatic carbocycles. The highest BCUT2D eigenvalue weighted by atomic mass is 16.4. The molecule has 0 saturated carbocycles. The summed E-state index contributed by atoms with van der Waals surface area (Å²) in [5, 5.41) is 14.0. The van der Waals surface area contributed by atoms with Gasteiger partial charge in [0.25, 0.3) is 0 Å². The maximum Gasteiger partial charge on any atom is 0.318 e. The second kappa shape index (κ2) is 7.72. The van der Waals surface area contributed by atoms with E-state index in [0.29, 0.717) is 25.4 Å². The Morgan fingerprint density at radius 2 is 2.00 bits per heavy atom.